The van der Waals surface area contributed by atoms with Gasteiger partial charge >= 0.3 is 6.18 Å². The van der Waals surface area contributed by atoms with Crippen LogP contribution in [0.2, 0.25) is 0 Å². The van der Waals surface area contributed by atoms with Gasteiger partial charge in [0.05, 0.1) is 29.2 Å². The van der Waals surface area contributed by atoms with Crippen LogP contribution in [-0.4, -0.2) is 30.3 Å². The molecule has 0 bridgehead atoms. The molecule has 7 nitrogen and oxygen atoms in total. The van der Waals surface area contributed by atoms with Crippen molar-refractivity contribution in [2.24, 2.45) is 0 Å². The number of carbonyl (C=O) groups excluding carboxylic acids is 1. The van der Waals surface area contributed by atoms with E-state index in [9.17, 15) is 18.0 Å². The predicted molar refractivity (Wildman–Crippen MR) is 122 cm³/mol. The van der Waals surface area contributed by atoms with E-state index in [-0.39, 0.29) is 23.9 Å². The summed E-state index contributed by atoms with van der Waals surface area (Å²) in [6.45, 7) is 4.44. The molecular formula is C23H19F3N6OS. The minimum Gasteiger partial charge on any atom is -0.344 e. The number of hydrogen-bond acceptors (Lipinski definition) is 5. The second-order valence-electron chi connectivity index (χ2n) is 8.00. The van der Waals surface area contributed by atoms with Crippen molar-refractivity contribution < 1.29 is 18.0 Å². The summed E-state index contributed by atoms with van der Waals surface area (Å²) >= 11 is 1.32. The minimum absolute atomic E-state index is 0.0654. The van der Waals surface area contributed by atoms with Crippen LogP contribution in [0.25, 0.3) is 15.9 Å². The van der Waals surface area contributed by atoms with Crippen LogP contribution in [0.3, 0.4) is 0 Å². The normalized spacial score (nSPS) is 12.0. The zero-order valence-electron chi connectivity index (χ0n) is 18.2. The second kappa shape index (κ2) is 8.24. The SMILES string of the molecule is Cc1ccc(Cn2nc(C)c3cc(C(=O)NCc4nnc5ccc(C(F)(F)F)cn45)sc32)cc1. The molecule has 0 saturated heterocycles. The Morgan fingerprint density at radius 3 is 2.59 bits per heavy atom. The van der Waals surface area contributed by atoms with Crippen LogP contribution in [0.4, 0.5) is 13.2 Å². The number of halogens is 3. The van der Waals surface area contributed by atoms with Crippen molar-refractivity contribution in [1.82, 2.24) is 29.7 Å². The fraction of sp³-hybridized carbons (Fsp3) is 0.217. The number of hydrogen-bond donors (Lipinski definition) is 1. The van der Waals surface area contributed by atoms with Crippen molar-refractivity contribution in [3.05, 3.63) is 81.7 Å². The molecule has 5 rings (SSSR count). The summed E-state index contributed by atoms with van der Waals surface area (Å²) in [4.78, 5) is 14.2. The number of aryl methyl sites for hydroxylation is 2. The molecule has 5 aromatic rings. The lowest BCUT2D eigenvalue weighted by Crippen LogP contribution is -2.23. The van der Waals surface area contributed by atoms with Gasteiger partial charge in [0, 0.05) is 11.6 Å². The van der Waals surface area contributed by atoms with Gasteiger partial charge in [-0.3, -0.25) is 13.9 Å². The van der Waals surface area contributed by atoms with E-state index in [1.165, 1.54) is 27.4 Å². The molecule has 0 aliphatic rings. The summed E-state index contributed by atoms with van der Waals surface area (Å²) < 4.78 is 42.3. The van der Waals surface area contributed by atoms with Gasteiger partial charge in [0.15, 0.2) is 11.5 Å². The van der Waals surface area contributed by atoms with E-state index in [0.717, 1.165) is 33.7 Å². The first kappa shape index (κ1) is 22.1. The van der Waals surface area contributed by atoms with Crippen LogP contribution in [0.5, 0.6) is 0 Å². The molecule has 34 heavy (non-hydrogen) atoms. The minimum atomic E-state index is -4.49. The molecule has 0 unspecified atom stereocenters. The van der Waals surface area contributed by atoms with Gasteiger partial charge in [0.1, 0.15) is 4.83 Å². The van der Waals surface area contributed by atoms with Gasteiger partial charge in [-0.15, -0.1) is 21.5 Å². The Morgan fingerprint density at radius 2 is 1.85 bits per heavy atom. The quantitative estimate of drug-likeness (QED) is 0.391. The summed E-state index contributed by atoms with van der Waals surface area (Å²) in [5.41, 5.74) is 2.55. The average molecular weight is 485 g/mol. The molecule has 0 radical (unpaired) electrons. The Hall–Kier alpha value is -3.73. The van der Waals surface area contributed by atoms with Gasteiger partial charge in [0.25, 0.3) is 5.91 Å². The molecule has 0 saturated carbocycles. The van der Waals surface area contributed by atoms with Crippen molar-refractivity contribution in [2.45, 2.75) is 33.1 Å². The summed E-state index contributed by atoms with van der Waals surface area (Å²) in [7, 11) is 0. The van der Waals surface area contributed by atoms with Crippen LogP contribution in [0.1, 0.15) is 37.9 Å². The molecule has 1 aromatic carbocycles. The molecule has 11 heteroatoms. The average Bonchev–Trinajstić information content (AvgIpc) is 3.48. The van der Waals surface area contributed by atoms with Crippen LogP contribution >= 0.6 is 11.3 Å². The van der Waals surface area contributed by atoms with Crippen LogP contribution in [0, 0.1) is 13.8 Å². The van der Waals surface area contributed by atoms with Gasteiger partial charge in [-0.2, -0.15) is 18.3 Å². The van der Waals surface area contributed by atoms with Gasteiger partial charge in [-0.25, -0.2) is 0 Å². The van der Waals surface area contributed by atoms with E-state index in [1.807, 2.05) is 42.8 Å². The molecule has 4 heterocycles. The van der Waals surface area contributed by atoms with Crippen LogP contribution < -0.4 is 5.32 Å². The molecule has 1 amide bonds. The molecule has 0 aliphatic heterocycles. The van der Waals surface area contributed by atoms with Crippen molar-refractivity contribution >= 4 is 33.1 Å². The number of benzene rings is 1. The smallest absolute Gasteiger partial charge is 0.344 e. The summed E-state index contributed by atoms with van der Waals surface area (Å²) in [6.07, 6.45) is -3.56. The molecule has 4 aromatic heterocycles. The Balaban J connectivity index is 1.35. The number of thiophene rings is 1. The van der Waals surface area contributed by atoms with Crippen LogP contribution in [0.15, 0.2) is 48.7 Å². The fourth-order valence-corrected chi connectivity index (χ4v) is 4.75. The zero-order chi connectivity index (χ0) is 24.0. The first-order valence-electron chi connectivity index (χ1n) is 10.4. The maximum Gasteiger partial charge on any atom is 0.417 e. The first-order valence-corrected chi connectivity index (χ1v) is 11.2. The number of alkyl halides is 3. The second-order valence-corrected chi connectivity index (χ2v) is 9.03. The van der Waals surface area contributed by atoms with Crippen LogP contribution in [-0.2, 0) is 19.3 Å². The maximum absolute atomic E-state index is 13.1. The zero-order valence-corrected chi connectivity index (χ0v) is 19.0. The van der Waals surface area contributed by atoms with E-state index in [2.05, 4.69) is 20.6 Å². The highest BCUT2D eigenvalue weighted by Crippen LogP contribution is 2.30. The number of nitrogens with one attached hydrogen (secondary N) is 1. The summed E-state index contributed by atoms with van der Waals surface area (Å²) in [5.74, 6) is -0.136. The highest BCUT2D eigenvalue weighted by Gasteiger charge is 2.31. The lowest BCUT2D eigenvalue weighted by Gasteiger charge is -2.08. The summed E-state index contributed by atoms with van der Waals surface area (Å²) in [6, 6.07) is 12.2. The highest BCUT2D eigenvalue weighted by atomic mass is 32.1. The fourth-order valence-electron chi connectivity index (χ4n) is 3.67. The predicted octanol–water partition coefficient (Wildman–Crippen LogP) is 4.75. The molecule has 1 N–H and O–H groups in total. The van der Waals surface area contributed by atoms with E-state index in [1.54, 1.807) is 6.07 Å². The maximum atomic E-state index is 13.1. The molecule has 0 aliphatic carbocycles. The largest absolute Gasteiger partial charge is 0.417 e. The Labute approximate surface area is 195 Å². The van der Waals surface area contributed by atoms with E-state index < -0.39 is 11.7 Å². The van der Waals surface area contributed by atoms with Crippen molar-refractivity contribution in [2.75, 3.05) is 0 Å². The lowest BCUT2D eigenvalue weighted by atomic mass is 10.1. The van der Waals surface area contributed by atoms with Crippen molar-refractivity contribution in [3.8, 4) is 0 Å². The number of nitrogens with zero attached hydrogens (tertiary/aromatic N) is 5. The number of rotatable bonds is 5. The molecule has 174 valence electrons. The number of carbonyl (C=O) groups is 1. The topological polar surface area (TPSA) is 77.1 Å². The third kappa shape index (κ3) is 4.14. The number of amides is 1. The number of aromatic nitrogens is 5. The Bertz CT molecular complexity index is 1510. The highest BCUT2D eigenvalue weighted by molar-refractivity contribution is 7.20. The van der Waals surface area contributed by atoms with Crippen molar-refractivity contribution in [1.29, 1.82) is 0 Å². The van der Waals surface area contributed by atoms with E-state index in [4.69, 9.17) is 0 Å². The monoisotopic (exact) mass is 484 g/mol. The van der Waals surface area contributed by atoms with Gasteiger partial charge < -0.3 is 5.32 Å². The van der Waals surface area contributed by atoms with Crippen molar-refractivity contribution in [3.63, 3.8) is 0 Å². The van der Waals surface area contributed by atoms with E-state index in [0.29, 0.717) is 11.4 Å². The van der Waals surface area contributed by atoms with Gasteiger partial charge in [0.2, 0.25) is 0 Å². The Kier molecular flexibility index (Phi) is 5.35. The molecular weight excluding hydrogens is 465 g/mol. The lowest BCUT2D eigenvalue weighted by molar-refractivity contribution is -0.137. The number of pyridine rings is 1. The standard InChI is InChI=1S/C23H19F3N6OS/c1-13-3-5-15(6-4-13)11-32-22-17(14(2)30-32)9-18(34-22)21(33)27-10-20-29-28-19-8-7-16(12-31(19)20)23(24,25)26/h3-9,12H,10-11H2,1-2H3,(H,27,33). The molecule has 0 atom stereocenters. The van der Waals surface area contributed by atoms with E-state index >= 15 is 0 Å². The Morgan fingerprint density at radius 1 is 1.09 bits per heavy atom. The third-order valence-corrected chi connectivity index (χ3v) is 6.64. The molecule has 0 spiro atoms. The summed E-state index contributed by atoms with van der Waals surface area (Å²) in [5, 5.41) is 16.0. The third-order valence-electron chi connectivity index (χ3n) is 5.49. The first-order chi connectivity index (χ1) is 16.2. The van der Waals surface area contributed by atoms with Gasteiger partial charge in [-0.05, 0) is 37.6 Å². The number of fused-ring (bicyclic) bond motifs is 2. The van der Waals surface area contributed by atoms with Gasteiger partial charge in [-0.1, -0.05) is 29.8 Å². The molecule has 0 fully saturated rings.